The van der Waals surface area contributed by atoms with E-state index in [0.717, 1.165) is 13.2 Å². The van der Waals surface area contributed by atoms with Gasteiger partial charge in [0.05, 0.1) is 4.92 Å². The number of nitro groups is 1. The summed E-state index contributed by atoms with van der Waals surface area (Å²) >= 11 is 0. The van der Waals surface area contributed by atoms with Crippen molar-refractivity contribution in [2.24, 2.45) is 5.84 Å². The molecular weight excluding hydrogens is 257 g/mol. The molecule has 0 bridgehead atoms. The van der Waals surface area contributed by atoms with Gasteiger partial charge < -0.3 is 4.90 Å². The van der Waals surface area contributed by atoms with Crippen molar-refractivity contribution in [3.05, 3.63) is 16.3 Å². The summed E-state index contributed by atoms with van der Waals surface area (Å²) in [5, 5.41) is 10.7. The Bertz CT molecular complexity index is 451. The predicted molar refractivity (Wildman–Crippen MR) is 55.8 cm³/mol. The summed E-state index contributed by atoms with van der Waals surface area (Å²) in [4.78, 5) is 17.4. The van der Waals surface area contributed by atoms with Gasteiger partial charge in [-0.25, -0.2) is 10.8 Å². The molecule has 18 heavy (non-hydrogen) atoms. The van der Waals surface area contributed by atoms with Crippen LogP contribution in [-0.2, 0) is 0 Å². The Balaban J connectivity index is 3.14. The van der Waals surface area contributed by atoms with Crippen molar-refractivity contribution >= 4 is 17.5 Å². The van der Waals surface area contributed by atoms with Gasteiger partial charge >= 0.3 is 11.9 Å². The standard InChI is InChI=1S/C7H9F3N6O2/c1-15(3-7(8,9)10)5-4(16(17)18)2-12-6(13-5)14-11/h2H,3,11H2,1H3,(H,12,13,14). The first-order valence-electron chi connectivity index (χ1n) is 4.50. The Morgan fingerprint density at radius 3 is 2.67 bits per heavy atom. The zero-order chi connectivity index (χ0) is 13.9. The lowest BCUT2D eigenvalue weighted by Gasteiger charge is -2.19. The third-order valence-electron chi connectivity index (χ3n) is 1.85. The van der Waals surface area contributed by atoms with Gasteiger partial charge in [0.15, 0.2) is 0 Å². The number of halogens is 3. The van der Waals surface area contributed by atoms with Gasteiger partial charge in [-0.3, -0.25) is 15.5 Å². The van der Waals surface area contributed by atoms with Gasteiger partial charge in [0, 0.05) is 7.05 Å². The van der Waals surface area contributed by atoms with Gasteiger partial charge in [-0.2, -0.15) is 18.2 Å². The normalized spacial score (nSPS) is 11.2. The van der Waals surface area contributed by atoms with Crippen molar-refractivity contribution in [3.8, 4) is 0 Å². The summed E-state index contributed by atoms with van der Waals surface area (Å²) in [5.74, 6) is 4.30. The Morgan fingerprint density at radius 2 is 2.22 bits per heavy atom. The quantitative estimate of drug-likeness (QED) is 0.468. The van der Waals surface area contributed by atoms with Crippen molar-refractivity contribution in [1.29, 1.82) is 0 Å². The van der Waals surface area contributed by atoms with Crippen molar-refractivity contribution in [1.82, 2.24) is 9.97 Å². The molecule has 8 nitrogen and oxygen atoms in total. The van der Waals surface area contributed by atoms with E-state index in [-0.39, 0.29) is 5.95 Å². The van der Waals surface area contributed by atoms with E-state index >= 15 is 0 Å². The number of aromatic nitrogens is 2. The number of hydrazine groups is 1. The second kappa shape index (κ2) is 5.00. The number of alkyl halides is 3. The summed E-state index contributed by atoms with van der Waals surface area (Å²) in [6.45, 7) is -1.38. The van der Waals surface area contributed by atoms with Crippen molar-refractivity contribution in [3.63, 3.8) is 0 Å². The van der Waals surface area contributed by atoms with E-state index in [1.165, 1.54) is 0 Å². The van der Waals surface area contributed by atoms with E-state index in [9.17, 15) is 23.3 Å². The van der Waals surface area contributed by atoms with E-state index in [4.69, 9.17) is 5.84 Å². The highest BCUT2D eigenvalue weighted by molar-refractivity contribution is 5.58. The largest absolute Gasteiger partial charge is 0.405 e. The third kappa shape index (κ3) is 3.41. The van der Waals surface area contributed by atoms with E-state index < -0.39 is 29.1 Å². The van der Waals surface area contributed by atoms with Crippen LogP contribution in [0.1, 0.15) is 0 Å². The second-order valence-electron chi connectivity index (χ2n) is 3.28. The molecule has 1 aromatic heterocycles. The van der Waals surface area contributed by atoms with Crippen LogP contribution >= 0.6 is 0 Å². The zero-order valence-electron chi connectivity index (χ0n) is 9.10. The molecule has 1 rings (SSSR count). The molecule has 0 unspecified atom stereocenters. The Labute approximate surface area is 98.7 Å². The van der Waals surface area contributed by atoms with Crippen LogP contribution in [-0.4, -0.2) is 34.7 Å². The third-order valence-corrected chi connectivity index (χ3v) is 1.85. The smallest absolute Gasteiger partial charge is 0.345 e. The molecule has 11 heteroatoms. The first-order chi connectivity index (χ1) is 8.24. The van der Waals surface area contributed by atoms with Crippen LogP contribution in [0.2, 0.25) is 0 Å². The molecule has 3 N–H and O–H groups in total. The fourth-order valence-corrected chi connectivity index (χ4v) is 1.19. The summed E-state index contributed by atoms with van der Waals surface area (Å²) in [6.07, 6.45) is -3.73. The van der Waals surface area contributed by atoms with Crippen LogP contribution in [0.4, 0.5) is 30.6 Å². The maximum absolute atomic E-state index is 12.2. The molecular formula is C7H9F3N6O2. The molecule has 0 atom stereocenters. The van der Waals surface area contributed by atoms with Crippen LogP contribution in [0.25, 0.3) is 0 Å². The highest BCUT2D eigenvalue weighted by Crippen LogP contribution is 2.27. The lowest BCUT2D eigenvalue weighted by molar-refractivity contribution is -0.384. The molecule has 0 spiro atoms. The average Bonchev–Trinajstić information content (AvgIpc) is 2.25. The number of nitrogens with zero attached hydrogens (tertiary/aromatic N) is 4. The minimum atomic E-state index is -4.51. The summed E-state index contributed by atoms with van der Waals surface area (Å²) in [7, 11) is 1.03. The molecule has 0 saturated heterocycles. The monoisotopic (exact) mass is 266 g/mol. The van der Waals surface area contributed by atoms with Crippen molar-refractivity contribution in [2.45, 2.75) is 6.18 Å². The minimum absolute atomic E-state index is 0.218. The van der Waals surface area contributed by atoms with Crippen LogP contribution in [0.15, 0.2) is 6.20 Å². The number of rotatable bonds is 4. The molecule has 0 fully saturated rings. The maximum Gasteiger partial charge on any atom is 0.405 e. The van der Waals surface area contributed by atoms with Crippen LogP contribution in [0.3, 0.4) is 0 Å². The highest BCUT2D eigenvalue weighted by atomic mass is 19.4. The van der Waals surface area contributed by atoms with E-state index in [2.05, 4.69) is 9.97 Å². The number of hydrogen-bond donors (Lipinski definition) is 2. The maximum atomic E-state index is 12.2. The van der Waals surface area contributed by atoms with Gasteiger partial charge in [-0.15, -0.1) is 0 Å². The van der Waals surface area contributed by atoms with Gasteiger partial charge in [-0.1, -0.05) is 0 Å². The highest BCUT2D eigenvalue weighted by Gasteiger charge is 2.32. The summed E-state index contributed by atoms with van der Waals surface area (Å²) in [6, 6.07) is 0. The summed E-state index contributed by atoms with van der Waals surface area (Å²) in [5.41, 5.74) is 1.36. The minimum Gasteiger partial charge on any atom is -0.345 e. The van der Waals surface area contributed by atoms with Crippen molar-refractivity contribution in [2.75, 3.05) is 23.9 Å². The molecule has 0 aliphatic carbocycles. The number of nitrogens with one attached hydrogen (secondary N) is 1. The Kier molecular flexibility index (Phi) is 3.86. The topological polar surface area (TPSA) is 110 Å². The number of hydrogen-bond acceptors (Lipinski definition) is 7. The SMILES string of the molecule is CN(CC(F)(F)F)c1nc(NN)ncc1[N+](=O)[O-]. The molecule has 0 aliphatic rings. The van der Waals surface area contributed by atoms with E-state index in [1.807, 2.05) is 5.43 Å². The first kappa shape index (κ1) is 13.9. The van der Waals surface area contributed by atoms with Crippen LogP contribution < -0.4 is 16.2 Å². The Hall–Kier alpha value is -2.17. The fraction of sp³-hybridized carbons (Fsp3) is 0.429. The van der Waals surface area contributed by atoms with E-state index in [0.29, 0.717) is 4.90 Å². The van der Waals surface area contributed by atoms with Gasteiger partial charge in [0.1, 0.15) is 12.7 Å². The molecule has 0 amide bonds. The van der Waals surface area contributed by atoms with Crippen LogP contribution in [0, 0.1) is 10.1 Å². The molecule has 0 aromatic carbocycles. The second-order valence-corrected chi connectivity index (χ2v) is 3.28. The lowest BCUT2D eigenvalue weighted by atomic mass is 10.4. The fourth-order valence-electron chi connectivity index (χ4n) is 1.19. The summed E-state index contributed by atoms with van der Waals surface area (Å²) < 4.78 is 36.6. The number of anilines is 2. The van der Waals surface area contributed by atoms with Gasteiger partial charge in [0.2, 0.25) is 11.8 Å². The number of nitrogen functional groups attached to an aromatic ring is 1. The van der Waals surface area contributed by atoms with Gasteiger partial charge in [-0.05, 0) is 0 Å². The molecule has 0 aliphatic heterocycles. The van der Waals surface area contributed by atoms with Crippen molar-refractivity contribution < 1.29 is 18.1 Å². The van der Waals surface area contributed by atoms with E-state index in [1.54, 1.807) is 0 Å². The zero-order valence-corrected chi connectivity index (χ0v) is 9.10. The number of nitrogens with two attached hydrogens (primary N) is 1. The molecule has 100 valence electrons. The first-order valence-corrected chi connectivity index (χ1v) is 4.50. The average molecular weight is 266 g/mol. The molecule has 0 radical (unpaired) electrons. The molecule has 1 heterocycles. The predicted octanol–water partition coefficient (Wildman–Crippen LogP) is 0.669. The Morgan fingerprint density at radius 1 is 1.61 bits per heavy atom. The molecule has 0 saturated carbocycles. The lowest BCUT2D eigenvalue weighted by Crippen LogP contribution is -2.32. The van der Waals surface area contributed by atoms with Crippen LogP contribution in [0.5, 0.6) is 0 Å². The van der Waals surface area contributed by atoms with Gasteiger partial charge in [0.25, 0.3) is 0 Å². The molecule has 1 aromatic rings.